The summed E-state index contributed by atoms with van der Waals surface area (Å²) < 4.78 is 0. The van der Waals surface area contributed by atoms with Crippen molar-refractivity contribution >= 4 is 29.9 Å². The van der Waals surface area contributed by atoms with Crippen LogP contribution in [0.3, 0.4) is 0 Å². The molecule has 0 radical (unpaired) electrons. The molecule has 1 fully saturated rings. The number of aryl methyl sites for hydroxylation is 1. The Kier molecular flexibility index (Phi) is 11.3. The molecule has 1 saturated heterocycles. The van der Waals surface area contributed by atoms with Crippen molar-refractivity contribution in [2.45, 2.75) is 39.7 Å². The fourth-order valence-corrected chi connectivity index (χ4v) is 3.21. The van der Waals surface area contributed by atoms with Crippen molar-refractivity contribution in [3.05, 3.63) is 35.4 Å². The molecule has 1 aromatic rings. The van der Waals surface area contributed by atoms with Crippen molar-refractivity contribution < 1.29 is 0 Å². The van der Waals surface area contributed by atoms with Crippen LogP contribution < -0.4 is 10.6 Å². The molecule has 0 spiro atoms. The molecular weight excluding hydrogens is 449 g/mol. The second kappa shape index (κ2) is 12.6. The van der Waals surface area contributed by atoms with Gasteiger partial charge in [-0.3, -0.25) is 9.89 Å². The molecule has 2 N–H and O–H groups in total. The molecule has 0 bridgehead atoms. The highest BCUT2D eigenvalue weighted by molar-refractivity contribution is 14.0. The third-order valence-electron chi connectivity index (χ3n) is 5.24. The Bertz CT molecular complexity index is 552. The Labute approximate surface area is 183 Å². The van der Waals surface area contributed by atoms with Crippen molar-refractivity contribution in [1.82, 2.24) is 20.4 Å². The summed E-state index contributed by atoms with van der Waals surface area (Å²) in [5, 5.41) is 6.89. The molecule has 1 aliphatic heterocycles. The predicted molar refractivity (Wildman–Crippen MR) is 128 cm³/mol. The van der Waals surface area contributed by atoms with E-state index in [-0.39, 0.29) is 24.0 Å². The van der Waals surface area contributed by atoms with Gasteiger partial charge in [0.2, 0.25) is 0 Å². The van der Waals surface area contributed by atoms with Gasteiger partial charge in [-0.15, -0.1) is 24.0 Å². The second-order valence-corrected chi connectivity index (χ2v) is 7.60. The molecule has 1 aromatic carbocycles. The number of guanidine groups is 1. The van der Waals surface area contributed by atoms with Gasteiger partial charge in [-0.2, -0.15) is 0 Å². The zero-order chi connectivity index (χ0) is 18.9. The first-order chi connectivity index (χ1) is 12.5. The minimum absolute atomic E-state index is 0. The van der Waals surface area contributed by atoms with Crippen molar-refractivity contribution in [1.29, 1.82) is 0 Å². The van der Waals surface area contributed by atoms with Crippen LogP contribution in [0.2, 0.25) is 0 Å². The average molecular weight is 487 g/mol. The monoisotopic (exact) mass is 487 g/mol. The smallest absolute Gasteiger partial charge is 0.191 e. The molecule has 154 valence electrons. The largest absolute Gasteiger partial charge is 0.357 e. The van der Waals surface area contributed by atoms with E-state index in [9.17, 15) is 0 Å². The van der Waals surface area contributed by atoms with Gasteiger partial charge in [0.15, 0.2) is 5.96 Å². The van der Waals surface area contributed by atoms with Gasteiger partial charge in [-0.25, -0.2) is 0 Å². The van der Waals surface area contributed by atoms with Gasteiger partial charge < -0.3 is 15.5 Å². The number of nitrogens with zero attached hydrogens (tertiary/aromatic N) is 3. The highest BCUT2D eigenvalue weighted by Crippen LogP contribution is 2.14. The molecule has 2 rings (SSSR count). The third-order valence-corrected chi connectivity index (χ3v) is 5.24. The van der Waals surface area contributed by atoms with Gasteiger partial charge in [0.25, 0.3) is 0 Å². The average Bonchev–Trinajstić information content (AvgIpc) is 2.64. The summed E-state index contributed by atoms with van der Waals surface area (Å²) >= 11 is 0. The maximum Gasteiger partial charge on any atom is 0.191 e. The van der Waals surface area contributed by atoms with Gasteiger partial charge in [0.05, 0.1) is 6.54 Å². The molecule has 0 aliphatic carbocycles. The van der Waals surface area contributed by atoms with Gasteiger partial charge >= 0.3 is 0 Å². The Morgan fingerprint density at radius 1 is 1.07 bits per heavy atom. The van der Waals surface area contributed by atoms with Crippen LogP contribution in [0.15, 0.2) is 29.3 Å². The van der Waals surface area contributed by atoms with Crippen molar-refractivity contribution in [3.63, 3.8) is 0 Å². The van der Waals surface area contributed by atoms with E-state index in [0.29, 0.717) is 12.0 Å². The molecule has 1 heterocycles. The van der Waals surface area contributed by atoms with Crippen LogP contribution in [0.1, 0.15) is 37.8 Å². The van der Waals surface area contributed by atoms with Crippen LogP contribution in [0.5, 0.6) is 0 Å². The van der Waals surface area contributed by atoms with Crippen molar-refractivity contribution in [2.75, 3.05) is 52.9 Å². The van der Waals surface area contributed by atoms with Gasteiger partial charge in [-0.1, -0.05) is 36.8 Å². The molecule has 6 heteroatoms. The summed E-state index contributed by atoms with van der Waals surface area (Å²) in [6, 6.07) is 9.29. The summed E-state index contributed by atoms with van der Waals surface area (Å²) in [6.07, 6.45) is 0. The number of nitrogens with one attached hydrogen (secondary N) is 2. The van der Waals surface area contributed by atoms with Gasteiger partial charge in [0, 0.05) is 45.3 Å². The number of benzene rings is 1. The quantitative estimate of drug-likeness (QED) is 0.353. The summed E-state index contributed by atoms with van der Waals surface area (Å²) in [5.41, 5.74) is 2.67. The van der Waals surface area contributed by atoms with Crippen molar-refractivity contribution in [3.8, 4) is 0 Å². The van der Waals surface area contributed by atoms with Crippen LogP contribution in [0.25, 0.3) is 0 Å². The Balaban J connectivity index is 0.00000364. The van der Waals surface area contributed by atoms with Crippen LogP contribution >= 0.6 is 24.0 Å². The van der Waals surface area contributed by atoms with Gasteiger partial charge in [0.1, 0.15) is 0 Å². The lowest BCUT2D eigenvalue weighted by molar-refractivity contribution is 0.122. The number of rotatable bonds is 7. The zero-order valence-electron chi connectivity index (χ0n) is 17.7. The number of halogens is 1. The van der Waals surface area contributed by atoms with Gasteiger partial charge in [-0.05, 0) is 39.3 Å². The Hall–Kier alpha value is -0.860. The topological polar surface area (TPSA) is 42.9 Å². The number of likely N-dealkylation sites (N-methyl/N-ethyl adjacent to an activating group) is 1. The lowest BCUT2D eigenvalue weighted by atomic mass is 10.0. The summed E-state index contributed by atoms with van der Waals surface area (Å²) in [5.74, 6) is 1.38. The Morgan fingerprint density at radius 2 is 1.70 bits per heavy atom. The van der Waals surface area contributed by atoms with E-state index in [1.54, 1.807) is 0 Å². The lowest BCUT2D eigenvalue weighted by Crippen LogP contribution is -2.49. The number of hydrogen-bond donors (Lipinski definition) is 2. The first kappa shape index (κ1) is 24.2. The van der Waals surface area contributed by atoms with E-state index in [1.165, 1.54) is 11.1 Å². The molecule has 0 saturated carbocycles. The van der Waals surface area contributed by atoms with Crippen LogP contribution in [-0.2, 0) is 0 Å². The van der Waals surface area contributed by atoms with E-state index in [1.807, 2.05) is 0 Å². The first-order valence-electron chi connectivity index (χ1n) is 10.0. The van der Waals surface area contributed by atoms with E-state index in [4.69, 9.17) is 4.99 Å². The fourth-order valence-electron chi connectivity index (χ4n) is 3.21. The normalized spacial score (nSPS) is 18.5. The predicted octanol–water partition coefficient (Wildman–Crippen LogP) is 2.91. The molecule has 2 atom stereocenters. The molecular formula is C21H38IN5. The molecule has 1 aliphatic rings. The lowest BCUT2D eigenvalue weighted by Gasteiger charge is -2.35. The molecule has 5 nitrogen and oxygen atoms in total. The fraction of sp³-hybridized carbons (Fsp3) is 0.667. The molecule has 2 unspecified atom stereocenters. The molecule has 0 amide bonds. The van der Waals surface area contributed by atoms with Crippen LogP contribution in [0.4, 0.5) is 0 Å². The van der Waals surface area contributed by atoms with Crippen LogP contribution in [0, 0.1) is 6.92 Å². The van der Waals surface area contributed by atoms with E-state index in [0.717, 1.165) is 51.8 Å². The zero-order valence-corrected chi connectivity index (χ0v) is 20.0. The van der Waals surface area contributed by atoms with E-state index in [2.05, 4.69) is 79.4 Å². The summed E-state index contributed by atoms with van der Waals surface area (Å²) in [7, 11) is 2.20. The van der Waals surface area contributed by atoms with Crippen LogP contribution in [-0.4, -0.2) is 74.7 Å². The Morgan fingerprint density at radius 3 is 2.30 bits per heavy atom. The highest BCUT2D eigenvalue weighted by Gasteiger charge is 2.18. The second-order valence-electron chi connectivity index (χ2n) is 7.60. The minimum atomic E-state index is 0. The highest BCUT2D eigenvalue weighted by atomic mass is 127. The van der Waals surface area contributed by atoms with E-state index >= 15 is 0 Å². The summed E-state index contributed by atoms with van der Waals surface area (Å²) in [6.45, 7) is 16.0. The first-order valence-corrected chi connectivity index (χ1v) is 10.0. The SMILES string of the molecule is CCNC(=NCC(C)N1CCN(C)CC1)NCC(C)c1ccc(C)cc1.I. The summed E-state index contributed by atoms with van der Waals surface area (Å²) in [4.78, 5) is 9.76. The maximum absolute atomic E-state index is 4.83. The molecule has 27 heavy (non-hydrogen) atoms. The standard InChI is InChI=1S/C21H37N5.HI/c1-6-22-21(23-15-18(3)20-9-7-17(2)8-10-20)24-16-19(4)26-13-11-25(5)12-14-26;/h7-10,18-19H,6,11-16H2,1-5H3,(H2,22,23,24);1H. The molecule has 0 aromatic heterocycles. The minimum Gasteiger partial charge on any atom is -0.357 e. The van der Waals surface area contributed by atoms with Crippen molar-refractivity contribution in [2.24, 2.45) is 4.99 Å². The number of piperazine rings is 1. The van der Waals surface area contributed by atoms with E-state index < -0.39 is 0 Å². The maximum atomic E-state index is 4.83. The number of hydrogen-bond acceptors (Lipinski definition) is 3. The number of aliphatic imine (C=N–C) groups is 1. The third kappa shape index (κ3) is 8.35.